The summed E-state index contributed by atoms with van der Waals surface area (Å²) >= 11 is 0. The molecule has 1 rings (SSSR count). The van der Waals surface area contributed by atoms with Crippen molar-refractivity contribution in [2.45, 2.75) is 46.8 Å². The van der Waals surface area contributed by atoms with Gasteiger partial charge in [-0.3, -0.25) is 0 Å². The molecule has 0 spiro atoms. The molecule has 2 unspecified atom stereocenters. The fourth-order valence-corrected chi connectivity index (χ4v) is 1.93. The molecule has 96 valence electrons. The lowest BCUT2D eigenvalue weighted by atomic mass is 9.83. The van der Waals surface area contributed by atoms with Crippen LogP contribution in [0.15, 0.2) is 24.3 Å². The van der Waals surface area contributed by atoms with E-state index in [1.165, 1.54) is 5.56 Å². The summed E-state index contributed by atoms with van der Waals surface area (Å²) < 4.78 is 5.70. The van der Waals surface area contributed by atoms with E-state index in [1.807, 2.05) is 38.1 Å². The molecule has 0 aliphatic rings. The van der Waals surface area contributed by atoms with Crippen molar-refractivity contribution in [1.82, 2.24) is 0 Å². The minimum atomic E-state index is -0.574. The number of aliphatic hydroxyl groups is 1. The lowest BCUT2D eigenvalue weighted by Gasteiger charge is -2.34. The molecule has 1 aromatic rings. The smallest absolute Gasteiger partial charge is 0.106 e. The SMILES string of the molecule is CCOC(C(O)c1ccc(C)cc1)C(C)(C)C. The Morgan fingerprint density at radius 1 is 1.18 bits per heavy atom. The van der Waals surface area contributed by atoms with Gasteiger partial charge in [-0.1, -0.05) is 50.6 Å². The van der Waals surface area contributed by atoms with E-state index in [2.05, 4.69) is 20.8 Å². The van der Waals surface area contributed by atoms with E-state index < -0.39 is 6.10 Å². The number of hydrogen-bond acceptors (Lipinski definition) is 2. The van der Waals surface area contributed by atoms with E-state index in [0.29, 0.717) is 6.61 Å². The van der Waals surface area contributed by atoms with Gasteiger partial charge in [0.1, 0.15) is 6.10 Å². The highest BCUT2D eigenvalue weighted by Crippen LogP contribution is 2.32. The molecule has 0 saturated heterocycles. The Morgan fingerprint density at radius 3 is 2.12 bits per heavy atom. The van der Waals surface area contributed by atoms with Gasteiger partial charge in [0.05, 0.1) is 6.10 Å². The Hall–Kier alpha value is -0.860. The van der Waals surface area contributed by atoms with E-state index in [9.17, 15) is 5.11 Å². The second-order valence-corrected chi connectivity index (χ2v) is 5.60. The molecule has 0 fully saturated rings. The predicted molar refractivity (Wildman–Crippen MR) is 71.0 cm³/mol. The van der Waals surface area contributed by atoms with E-state index in [-0.39, 0.29) is 11.5 Å². The molecule has 2 nitrogen and oxygen atoms in total. The van der Waals surface area contributed by atoms with Crippen molar-refractivity contribution in [2.75, 3.05) is 6.61 Å². The molecule has 0 aliphatic carbocycles. The van der Waals surface area contributed by atoms with Gasteiger partial charge in [-0.05, 0) is 24.8 Å². The Kier molecular flexibility index (Phi) is 4.72. The molecule has 0 aromatic heterocycles. The van der Waals surface area contributed by atoms with Crippen molar-refractivity contribution in [2.24, 2.45) is 5.41 Å². The van der Waals surface area contributed by atoms with Gasteiger partial charge >= 0.3 is 0 Å². The normalized spacial score (nSPS) is 15.6. The Morgan fingerprint density at radius 2 is 1.71 bits per heavy atom. The molecule has 0 bridgehead atoms. The highest BCUT2D eigenvalue weighted by Gasteiger charge is 2.32. The predicted octanol–water partition coefficient (Wildman–Crippen LogP) is 3.48. The van der Waals surface area contributed by atoms with E-state index in [1.54, 1.807) is 0 Å². The fourth-order valence-electron chi connectivity index (χ4n) is 1.93. The minimum Gasteiger partial charge on any atom is -0.386 e. The molecular formula is C15H24O2. The quantitative estimate of drug-likeness (QED) is 0.867. The van der Waals surface area contributed by atoms with Crippen LogP contribution in [0.2, 0.25) is 0 Å². The molecule has 1 N–H and O–H groups in total. The van der Waals surface area contributed by atoms with Gasteiger partial charge in [-0.25, -0.2) is 0 Å². The zero-order valence-corrected chi connectivity index (χ0v) is 11.5. The third kappa shape index (κ3) is 3.83. The third-order valence-corrected chi connectivity index (χ3v) is 2.91. The van der Waals surface area contributed by atoms with Gasteiger partial charge in [-0.15, -0.1) is 0 Å². The first kappa shape index (κ1) is 14.2. The molecule has 0 aliphatic heterocycles. The average Bonchev–Trinajstić information content (AvgIpc) is 2.24. The maximum atomic E-state index is 10.4. The Balaban J connectivity index is 2.91. The van der Waals surface area contributed by atoms with Crippen molar-refractivity contribution in [3.05, 3.63) is 35.4 Å². The Bertz CT molecular complexity index is 335. The van der Waals surface area contributed by atoms with Crippen molar-refractivity contribution in [3.63, 3.8) is 0 Å². The summed E-state index contributed by atoms with van der Waals surface area (Å²) in [4.78, 5) is 0. The van der Waals surface area contributed by atoms with Crippen LogP contribution in [-0.2, 0) is 4.74 Å². The molecule has 0 heterocycles. The van der Waals surface area contributed by atoms with Gasteiger partial charge in [0.15, 0.2) is 0 Å². The van der Waals surface area contributed by atoms with E-state index >= 15 is 0 Å². The monoisotopic (exact) mass is 236 g/mol. The van der Waals surface area contributed by atoms with Crippen LogP contribution >= 0.6 is 0 Å². The summed E-state index contributed by atoms with van der Waals surface area (Å²) in [6.07, 6.45) is -0.759. The highest BCUT2D eigenvalue weighted by molar-refractivity contribution is 5.24. The number of hydrogen-bond donors (Lipinski definition) is 1. The van der Waals surface area contributed by atoms with Crippen LogP contribution in [0, 0.1) is 12.3 Å². The van der Waals surface area contributed by atoms with Crippen molar-refractivity contribution in [1.29, 1.82) is 0 Å². The van der Waals surface area contributed by atoms with Crippen molar-refractivity contribution < 1.29 is 9.84 Å². The van der Waals surface area contributed by atoms with Crippen LogP contribution in [0.4, 0.5) is 0 Å². The van der Waals surface area contributed by atoms with Crippen LogP contribution in [0.3, 0.4) is 0 Å². The minimum absolute atomic E-state index is 0.0830. The van der Waals surface area contributed by atoms with Crippen LogP contribution in [-0.4, -0.2) is 17.8 Å². The second-order valence-electron chi connectivity index (χ2n) is 5.60. The van der Waals surface area contributed by atoms with Crippen molar-refractivity contribution in [3.8, 4) is 0 Å². The highest BCUT2D eigenvalue weighted by atomic mass is 16.5. The molecular weight excluding hydrogens is 212 g/mol. The van der Waals surface area contributed by atoms with Crippen molar-refractivity contribution >= 4 is 0 Å². The molecule has 2 heteroatoms. The van der Waals surface area contributed by atoms with E-state index in [0.717, 1.165) is 5.56 Å². The standard InChI is InChI=1S/C15H24O2/c1-6-17-14(15(3,4)5)13(16)12-9-7-11(2)8-10-12/h7-10,13-14,16H,6H2,1-5H3. The largest absolute Gasteiger partial charge is 0.386 e. The summed E-state index contributed by atoms with van der Waals surface area (Å²) in [6, 6.07) is 7.98. The maximum absolute atomic E-state index is 10.4. The lowest BCUT2D eigenvalue weighted by Crippen LogP contribution is -2.35. The van der Waals surface area contributed by atoms with Gasteiger partial charge < -0.3 is 9.84 Å². The zero-order valence-electron chi connectivity index (χ0n) is 11.5. The average molecular weight is 236 g/mol. The van der Waals surface area contributed by atoms with Gasteiger partial charge in [-0.2, -0.15) is 0 Å². The number of aryl methyl sites for hydroxylation is 1. The van der Waals surface area contributed by atoms with Gasteiger partial charge in [0.25, 0.3) is 0 Å². The van der Waals surface area contributed by atoms with Gasteiger partial charge in [0, 0.05) is 6.61 Å². The summed E-state index contributed by atoms with van der Waals surface area (Å²) in [5.41, 5.74) is 2.04. The first-order valence-corrected chi connectivity index (χ1v) is 6.22. The van der Waals surface area contributed by atoms with Crippen LogP contribution in [0.5, 0.6) is 0 Å². The zero-order chi connectivity index (χ0) is 13.1. The number of benzene rings is 1. The van der Waals surface area contributed by atoms with Crippen LogP contribution < -0.4 is 0 Å². The van der Waals surface area contributed by atoms with E-state index in [4.69, 9.17) is 4.74 Å². The first-order valence-electron chi connectivity index (χ1n) is 6.22. The molecule has 0 radical (unpaired) electrons. The van der Waals surface area contributed by atoms with Gasteiger partial charge in [0.2, 0.25) is 0 Å². The number of rotatable bonds is 4. The summed E-state index contributed by atoms with van der Waals surface area (Å²) in [7, 11) is 0. The molecule has 0 saturated carbocycles. The molecule has 2 atom stereocenters. The third-order valence-electron chi connectivity index (χ3n) is 2.91. The summed E-state index contributed by atoms with van der Waals surface area (Å²) in [5, 5.41) is 10.4. The Labute approximate surface area is 105 Å². The molecule has 0 amide bonds. The maximum Gasteiger partial charge on any atom is 0.106 e. The molecule has 17 heavy (non-hydrogen) atoms. The fraction of sp³-hybridized carbons (Fsp3) is 0.600. The van der Waals surface area contributed by atoms with Crippen LogP contribution in [0.25, 0.3) is 0 Å². The number of aliphatic hydroxyl groups excluding tert-OH is 1. The summed E-state index contributed by atoms with van der Waals surface area (Å²) in [5.74, 6) is 0. The van der Waals surface area contributed by atoms with Crippen LogP contribution in [0.1, 0.15) is 44.9 Å². The molecule has 1 aromatic carbocycles. The first-order chi connectivity index (χ1) is 7.86. The summed E-state index contributed by atoms with van der Waals surface area (Å²) in [6.45, 7) is 10.9. The lowest BCUT2D eigenvalue weighted by molar-refractivity contribution is -0.0898. The number of ether oxygens (including phenoxy) is 1. The topological polar surface area (TPSA) is 29.5 Å². The second kappa shape index (κ2) is 5.65.